The lowest BCUT2D eigenvalue weighted by Crippen LogP contribution is -2.24. The molecule has 110 valence electrons. The molecule has 0 radical (unpaired) electrons. The van der Waals surface area contributed by atoms with E-state index < -0.39 is 18.2 Å². The van der Waals surface area contributed by atoms with E-state index in [2.05, 4.69) is 9.97 Å². The van der Waals surface area contributed by atoms with E-state index in [1.54, 1.807) is 6.26 Å². The van der Waals surface area contributed by atoms with Crippen LogP contribution >= 0.6 is 23.5 Å². The standard InChI is InChI=1S/C11H14N2O5S2/c1-5(14)20-4-7(15)9(16)6-3-12-11(19-2)13-8(6)10(17)18/h3,7,9,15-16H,4H2,1-2H3,(H,17,18). The van der Waals surface area contributed by atoms with E-state index in [9.17, 15) is 19.8 Å². The summed E-state index contributed by atoms with van der Waals surface area (Å²) >= 11 is 2.01. The quantitative estimate of drug-likeness (QED) is 0.510. The highest BCUT2D eigenvalue weighted by Gasteiger charge is 2.26. The van der Waals surface area contributed by atoms with Gasteiger partial charge in [-0.05, 0) is 6.26 Å². The summed E-state index contributed by atoms with van der Waals surface area (Å²) in [5.41, 5.74) is -0.435. The van der Waals surface area contributed by atoms with Crippen LogP contribution in [0.2, 0.25) is 0 Å². The zero-order valence-electron chi connectivity index (χ0n) is 10.8. The minimum Gasteiger partial charge on any atom is -0.476 e. The lowest BCUT2D eigenvalue weighted by molar-refractivity contribution is -0.109. The molecule has 1 heterocycles. The number of carbonyl (C=O) groups excluding carboxylic acids is 1. The maximum atomic E-state index is 11.1. The molecule has 2 atom stereocenters. The second-order valence-corrected chi connectivity index (χ2v) is 5.75. The fourth-order valence-electron chi connectivity index (χ4n) is 1.36. The van der Waals surface area contributed by atoms with Crippen LogP contribution in [0.1, 0.15) is 29.1 Å². The smallest absolute Gasteiger partial charge is 0.355 e. The van der Waals surface area contributed by atoms with E-state index in [4.69, 9.17) is 5.11 Å². The summed E-state index contributed by atoms with van der Waals surface area (Å²) in [6.45, 7) is 1.34. The number of rotatable bonds is 6. The Labute approximate surface area is 123 Å². The molecule has 0 spiro atoms. The third kappa shape index (κ3) is 4.44. The Balaban J connectivity index is 2.99. The number of carbonyl (C=O) groups is 2. The predicted molar refractivity (Wildman–Crippen MR) is 74.9 cm³/mol. The molecule has 20 heavy (non-hydrogen) atoms. The largest absolute Gasteiger partial charge is 0.476 e. The van der Waals surface area contributed by atoms with Crippen LogP contribution < -0.4 is 0 Å². The minimum atomic E-state index is -1.47. The van der Waals surface area contributed by atoms with Crippen LogP contribution in [0, 0.1) is 0 Å². The Morgan fingerprint density at radius 1 is 1.40 bits per heavy atom. The zero-order valence-corrected chi connectivity index (χ0v) is 12.4. The molecule has 0 aliphatic rings. The number of aromatic carboxylic acids is 1. The Morgan fingerprint density at radius 2 is 2.05 bits per heavy atom. The van der Waals surface area contributed by atoms with E-state index in [1.165, 1.54) is 13.1 Å². The van der Waals surface area contributed by atoms with Gasteiger partial charge in [-0.3, -0.25) is 4.79 Å². The first-order valence-electron chi connectivity index (χ1n) is 5.50. The number of hydrogen-bond donors (Lipinski definition) is 3. The summed E-state index contributed by atoms with van der Waals surface area (Å²) in [5, 5.41) is 28.9. The van der Waals surface area contributed by atoms with Crippen molar-refractivity contribution in [1.29, 1.82) is 0 Å². The summed E-state index contributed by atoms with van der Waals surface area (Å²) in [4.78, 5) is 29.6. The molecule has 9 heteroatoms. The van der Waals surface area contributed by atoms with Crippen molar-refractivity contribution >= 4 is 34.6 Å². The van der Waals surface area contributed by atoms with Gasteiger partial charge < -0.3 is 15.3 Å². The molecule has 0 aromatic carbocycles. The topological polar surface area (TPSA) is 121 Å². The predicted octanol–water partition coefficient (Wildman–Crippen LogP) is 0.571. The Hall–Kier alpha value is -1.16. The van der Waals surface area contributed by atoms with E-state index in [0.717, 1.165) is 23.5 Å². The first kappa shape index (κ1) is 16.9. The number of aliphatic hydroxyl groups is 2. The van der Waals surface area contributed by atoms with Crippen LogP contribution in [-0.4, -0.2) is 54.5 Å². The number of hydrogen-bond acceptors (Lipinski definition) is 8. The maximum absolute atomic E-state index is 11.1. The van der Waals surface area contributed by atoms with Gasteiger partial charge in [-0.15, -0.1) is 0 Å². The molecule has 3 N–H and O–H groups in total. The van der Waals surface area contributed by atoms with Crippen molar-refractivity contribution in [3.8, 4) is 0 Å². The van der Waals surface area contributed by atoms with Gasteiger partial charge in [0.2, 0.25) is 0 Å². The normalized spacial score (nSPS) is 13.8. The Kier molecular flexibility index (Phi) is 6.40. The average molecular weight is 318 g/mol. The third-order valence-electron chi connectivity index (χ3n) is 2.32. The Bertz CT molecular complexity index is 512. The highest BCUT2D eigenvalue weighted by molar-refractivity contribution is 8.13. The van der Waals surface area contributed by atoms with Crippen molar-refractivity contribution in [1.82, 2.24) is 9.97 Å². The van der Waals surface area contributed by atoms with Crippen molar-refractivity contribution in [3.63, 3.8) is 0 Å². The SMILES string of the molecule is CSc1ncc(C(O)C(O)CSC(C)=O)c(C(=O)O)n1. The number of nitrogens with zero attached hydrogens (tertiary/aromatic N) is 2. The molecule has 0 bridgehead atoms. The van der Waals surface area contributed by atoms with Crippen LogP contribution in [0.4, 0.5) is 0 Å². The van der Waals surface area contributed by atoms with Crippen molar-refractivity contribution in [3.05, 3.63) is 17.5 Å². The molecule has 2 unspecified atom stereocenters. The van der Waals surface area contributed by atoms with Gasteiger partial charge in [0.05, 0.1) is 6.10 Å². The van der Waals surface area contributed by atoms with Crippen molar-refractivity contribution in [2.75, 3.05) is 12.0 Å². The first-order chi connectivity index (χ1) is 9.36. The highest BCUT2D eigenvalue weighted by Crippen LogP contribution is 2.23. The summed E-state index contributed by atoms with van der Waals surface area (Å²) < 4.78 is 0. The number of thioether (sulfide) groups is 2. The van der Waals surface area contributed by atoms with Crippen molar-refractivity contribution < 1.29 is 24.9 Å². The first-order valence-corrected chi connectivity index (χ1v) is 7.71. The molecule has 0 aliphatic heterocycles. The van der Waals surface area contributed by atoms with Crippen LogP contribution in [0.15, 0.2) is 11.4 Å². The second-order valence-electron chi connectivity index (χ2n) is 3.78. The molecule has 0 saturated heterocycles. The molecule has 0 aliphatic carbocycles. The third-order valence-corrected chi connectivity index (χ3v) is 3.80. The number of carboxylic acids is 1. The minimum absolute atomic E-state index is 0.0418. The molecular formula is C11H14N2O5S2. The fraction of sp³-hybridized carbons (Fsp3) is 0.455. The van der Waals surface area contributed by atoms with Crippen molar-refractivity contribution in [2.45, 2.75) is 24.3 Å². The van der Waals surface area contributed by atoms with E-state index in [1.807, 2.05) is 0 Å². The van der Waals surface area contributed by atoms with E-state index in [-0.39, 0.29) is 27.3 Å². The van der Waals surface area contributed by atoms with Gasteiger partial charge in [-0.2, -0.15) is 0 Å². The molecule has 1 rings (SSSR count). The van der Waals surface area contributed by atoms with Crippen LogP contribution in [-0.2, 0) is 4.79 Å². The molecular weight excluding hydrogens is 304 g/mol. The molecule has 7 nitrogen and oxygen atoms in total. The van der Waals surface area contributed by atoms with Gasteiger partial charge in [0.1, 0.15) is 6.10 Å². The maximum Gasteiger partial charge on any atom is 0.355 e. The number of aromatic nitrogens is 2. The average Bonchev–Trinajstić information content (AvgIpc) is 2.43. The van der Waals surface area contributed by atoms with Gasteiger partial charge in [-0.1, -0.05) is 23.5 Å². The van der Waals surface area contributed by atoms with Gasteiger partial charge in [0, 0.05) is 24.4 Å². The fourth-order valence-corrected chi connectivity index (χ4v) is 2.29. The summed E-state index contributed by atoms with van der Waals surface area (Å²) in [5.74, 6) is -1.36. The van der Waals surface area contributed by atoms with Crippen LogP contribution in [0.25, 0.3) is 0 Å². The van der Waals surface area contributed by atoms with Crippen LogP contribution in [0.5, 0.6) is 0 Å². The summed E-state index contributed by atoms with van der Waals surface area (Å²) in [7, 11) is 0. The summed E-state index contributed by atoms with van der Waals surface area (Å²) in [6.07, 6.45) is 0.110. The molecule has 1 aromatic heterocycles. The molecule has 0 fully saturated rings. The lowest BCUT2D eigenvalue weighted by Gasteiger charge is -2.18. The van der Waals surface area contributed by atoms with Gasteiger partial charge >= 0.3 is 5.97 Å². The van der Waals surface area contributed by atoms with Gasteiger partial charge in [0.15, 0.2) is 16.0 Å². The van der Waals surface area contributed by atoms with E-state index in [0.29, 0.717) is 0 Å². The second kappa shape index (κ2) is 7.58. The van der Waals surface area contributed by atoms with E-state index >= 15 is 0 Å². The number of aliphatic hydroxyl groups excluding tert-OH is 2. The molecule has 0 amide bonds. The molecule has 1 aromatic rings. The monoisotopic (exact) mass is 318 g/mol. The Morgan fingerprint density at radius 3 is 2.55 bits per heavy atom. The van der Waals surface area contributed by atoms with Gasteiger partial charge in [0.25, 0.3) is 0 Å². The number of carboxylic acid groups (broad SMARTS) is 1. The summed E-state index contributed by atoms with van der Waals surface area (Å²) in [6, 6.07) is 0. The molecule has 0 saturated carbocycles. The van der Waals surface area contributed by atoms with Crippen molar-refractivity contribution in [2.24, 2.45) is 0 Å². The lowest BCUT2D eigenvalue weighted by atomic mass is 10.1. The van der Waals surface area contributed by atoms with Gasteiger partial charge in [-0.25, -0.2) is 14.8 Å². The van der Waals surface area contributed by atoms with Crippen LogP contribution in [0.3, 0.4) is 0 Å². The highest BCUT2D eigenvalue weighted by atomic mass is 32.2. The zero-order chi connectivity index (χ0) is 15.3.